The van der Waals surface area contributed by atoms with Crippen LogP contribution in [0.15, 0.2) is 6.33 Å². The van der Waals surface area contributed by atoms with Crippen molar-refractivity contribution in [3.63, 3.8) is 0 Å². The molecule has 8 heteroatoms. The van der Waals surface area contributed by atoms with Gasteiger partial charge in [-0.3, -0.25) is 0 Å². The molecule has 2 saturated carbocycles. The van der Waals surface area contributed by atoms with Gasteiger partial charge in [0.05, 0.1) is 6.33 Å². The van der Waals surface area contributed by atoms with Gasteiger partial charge in [0.25, 0.3) is 0 Å². The Labute approximate surface area is 172 Å². The van der Waals surface area contributed by atoms with E-state index in [9.17, 15) is 5.11 Å². The Hall–Kier alpha value is -1.93. The van der Waals surface area contributed by atoms with Crippen LogP contribution in [0.25, 0.3) is 11.2 Å². The number of hydrogen-bond donors (Lipinski definition) is 4. The molecule has 0 aliphatic heterocycles. The van der Waals surface area contributed by atoms with Gasteiger partial charge < -0.3 is 26.0 Å². The van der Waals surface area contributed by atoms with E-state index < -0.39 is 0 Å². The molecule has 4 rings (SSSR count). The summed E-state index contributed by atoms with van der Waals surface area (Å²) in [5.41, 5.74) is 7.81. The summed E-state index contributed by atoms with van der Waals surface area (Å²) >= 11 is 0. The number of aliphatic hydroxyl groups excluding tert-OH is 1. The van der Waals surface area contributed by atoms with Gasteiger partial charge in [0, 0.05) is 31.3 Å². The van der Waals surface area contributed by atoms with E-state index in [0.717, 1.165) is 55.6 Å². The molecule has 160 valence electrons. The fourth-order valence-electron chi connectivity index (χ4n) is 4.53. The lowest BCUT2D eigenvalue weighted by atomic mass is 9.92. The van der Waals surface area contributed by atoms with Gasteiger partial charge in [-0.2, -0.15) is 9.97 Å². The van der Waals surface area contributed by atoms with Crippen molar-refractivity contribution >= 4 is 22.9 Å². The first-order chi connectivity index (χ1) is 14.1. The van der Waals surface area contributed by atoms with Gasteiger partial charge in [-0.05, 0) is 50.9 Å². The highest BCUT2D eigenvalue weighted by molar-refractivity contribution is 5.84. The quantitative estimate of drug-likeness (QED) is 0.537. The third-order valence-electron chi connectivity index (χ3n) is 6.49. The van der Waals surface area contributed by atoms with E-state index in [0.29, 0.717) is 24.1 Å². The Kier molecular flexibility index (Phi) is 6.50. The first kappa shape index (κ1) is 20.3. The summed E-state index contributed by atoms with van der Waals surface area (Å²) < 4.78 is 2.24. The standard InChI is InChI=1S/C21H35N7O/c1-14(12-29)10-11-23-19-18-20(28(13-24-18)17-4-2-3-5-17)27-21(26-19)25-16-8-6-15(22)7-9-16/h13-17,29H,2-12,22H2,1H3,(H2,23,25,26,27). The molecule has 0 aromatic carbocycles. The molecule has 2 aromatic heterocycles. The normalized spacial score (nSPS) is 24.1. The van der Waals surface area contributed by atoms with Crippen molar-refractivity contribution < 1.29 is 5.11 Å². The van der Waals surface area contributed by atoms with Gasteiger partial charge in [-0.1, -0.05) is 19.8 Å². The van der Waals surface area contributed by atoms with Gasteiger partial charge in [-0.15, -0.1) is 0 Å². The molecule has 8 nitrogen and oxygen atoms in total. The summed E-state index contributed by atoms with van der Waals surface area (Å²) in [6.45, 7) is 3.00. The monoisotopic (exact) mass is 401 g/mol. The zero-order chi connectivity index (χ0) is 20.2. The summed E-state index contributed by atoms with van der Waals surface area (Å²) in [4.78, 5) is 14.3. The SMILES string of the molecule is CC(CO)CCNc1nc(NC2CCC(N)CC2)nc2c1ncn2C1CCCC1. The van der Waals surface area contributed by atoms with Crippen LogP contribution in [0.3, 0.4) is 0 Å². The second kappa shape index (κ2) is 9.26. The molecule has 1 unspecified atom stereocenters. The van der Waals surface area contributed by atoms with Crippen molar-refractivity contribution in [1.82, 2.24) is 19.5 Å². The van der Waals surface area contributed by atoms with E-state index in [2.05, 4.69) is 20.2 Å². The Morgan fingerprint density at radius 3 is 2.66 bits per heavy atom. The molecule has 0 spiro atoms. The molecule has 0 saturated heterocycles. The smallest absolute Gasteiger partial charge is 0.227 e. The van der Waals surface area contributed by atoms with Crippen LogP contribution in [-0.2, 0) is 0 Å². The van der Waals surface area contributed by atoms with E-state index in [1.807, 2.05) is 13.3 Å². The number of hydrogen-bond acceptors (Lipinski definition) is 7. The highest BCUT2D eigenvalue weighted by Gasteiger charge is 2.23. The molecule has 2 aromatic rings. The molecule has 29 heavy (non-hydrogen) atoms. The van der Waals surface area contributed by atoms with Crippen LogP contribution in [0.4, 0.5) is 11.8 Å². The Balaban J connectivity index is 1.58. The zero-order valence-corrected chi connectivity index (χ0v) is 17.5. The summed E-state index contributed by atoms with van der Waals surface area (Å²) in [5, 5.41) is 16.3. The first-order valence-corrected chi connectivity index (χ1v) is 11.3. The van der Waals surface area contributed by atoms with E-state index >= 15 is 0 Å². The minimum atomic E-state index is 0.202. The van der Waals surface area contributed by atoms with Gasteiger partial charge >= 0.3 is 0 Å². The van der Waals surface area contributed by atoms with Gasteiger partial charge in [0.2, 0.25) is 5.95 Å². The van der Waals surface area contributed by atoms with Crippen molar-refractivity contribution in [1.29, 1.82) is 0 Å². The topological polar surface area (TPSA) is 114 Å². The number of fused-ring (bicyclic) bond motifs is 1. The molecule has 0 bridgehead atoms. The van der Waals surface area contributed by atoms with E-state index in [1.54, 1.807) is 0 Å². The highest BCUT2D eigenvalue weighted by atomic mass is 16.3. The van der Waals surface area contributed by atoms with E-state index in [1.165, 1.54) is 25.7 Å². The van der Waals surface area contributed by atoms with Crippen LogP contribution >= 0.6 is 0 Å². The fraction of sp³-hybridized carbons (Fsp3) is 0.762. The number of rotatable bonds is 8. The van der Waals surface area contributed by atoms with Crippen molar-refractivity contribution in [2.75, 3.05) is 23.8 Å². The van der Waals surface area contributed by atoms with Gasteiger partial charge in [0.15, 0.2) is 17.0 Å². The minimum Gasteiger partial charge on any atom is -0.396 e. The first-order valence-electron chi connectivity index (χ1n) is 11.3. The third kappa shape index (κ3) is 4.80. The van der Waals surface area contributed by atoms with E-state index in [4.69, 9.17) is 15.7 Å². The summed E-state index contributed by atoms with van der Waals surface area (Å²) in [7, 11) is 0. The Morgan fingerprint density at radius 2 is 1.93 bits per heavy atom. The van der Waals surface area contributed by atoms with Crippen LogP contribution in [-0.4, -0.2) is 49.9 Å². The molecular formula is C21H35N7O. The number of nitrogens with two attached hydrogens (primary N) is 1. The van der Waals surface area contributed by atoms with Crippen LogP contribution in [0.5, 0.6) is 0 Å². The predicted molar refractivity (Wildman–Crippen MR) is 116 cm³/mol. The maximum atomic E-state index is 9.29. The van der Waals surface area contributed by atoms with Gasteiger partial charge in [-0.25, -0.2) is 4.98 Å². The number of aromatic nitrogens is 4. The van der Waals surface area contributed by atoms with Gasteiger partial charge in [0.1, 0.15) is 0 Å². The molecule has 0 radical (unpaired) electrons. The lowest BCUT2D eigenvalue weighted by Crippen LogP contribution is -2.33. The van der Waals surface area contributed by atoms with Crippen LogP contribution in [0.2, 0.25) is 0 Å². The Morgan fingerprint density at radius 1 is 1.17 bits per heavy atom. The van der Waals surface area contributed by atoms with Crippen molar-refractivity contribution in [2.45, 2.75) is 82.8 Å². The highest BCUT2D eigenvalue weighted by Crippen LogP contribution is 2.33. The van der Waals surface area contributed by atoms with Crippen LogP contribution in [0, 0.1) is 5.92 Å². The summed E-state index contributed by atoms with van der Waals surface area (Å²) in [6.07, 6.45) is 11.9. The average molecular weight is 402 g/mol. The molecule has 2 heterocycles. The Bertz CT molecular complexity index is 794. The predicted octanol–water partition coefficient (Wildman–Crippen LogP) is 3.05. The average Bonchev–Trinajstić information content (AvgIpc) is 3.39. The van der Waals surface area contributed by atoms with Crippen molar-refractivity contribution in [2.24, 2.45) is 11.7 Å². The number of nitrogens with zero attached hydrogens (tertiary/aromatic N) is 4. The molecular weight excluding hydrogens is 366 g/mol. The number of aliphatic hydroxyl groups is 1. The number of imidazole rings is 1. The molecule has 2 fully saturated rings. The van der Waals surface area contributed by atoms with Crippen LogP contribution in [0.1, 0.15) is 70.8 Å². The van der Waals surface area contributed by atoms with Crippen molar-refractivity contribution in [3.8, 4) is 0 Å². The third-order valence-corrected chi connectivity index (χ3v) is 6.49. The summed E-state index contributed by atoms with van der Waals surface area (Å²) in [6, 6.07) is 1.18. The molecule has 1 atom stereocenters. The maximum Gasteiger partial charge on any atom is 0.227 e. The maximum absolute atomic E-state index is 9.29. The number of nitrogens with one attached hydrogen (secondary N) is 2. The van der Waals surface area contributed by atoms with Crippen LogP contribution < -0.4 is 16.4 Å². The lowest BCUT2D eigenvalue weighted by Gasteiger charge is -2.27. The largest absolute Gasteiger partial charge is 0.396 e. The minimum absolute atomic E-state index is 0.202. The molecule has 0 amide bonds. The zero-order valence-electron chi connectivity index (χ0n) is 17.5. The fourth-order valence-corrected chi connectivity index (χ4v) is 4.53. The molecule has 5 N–H and O–H groups in total. The molecule has 2 aliphatic carbocycles. The second-order valence-electron chi connectivity index (χ2n) is 8.92. The van der Waals surface area contributed by atoms with E-state index in [-0.39, 0.29) is 12.5 Å². The lowest BCUT2D eigenvalue weighted by molar-refractivity contribution is 0.233. The second-order valence-corrected chi connectivity index (χ2v) is 8.92. The van der Waals surface area contributed by atoms with Crippen molar-refractivity contribution in [3.05, 3.63) is 6.33 Å². The summed E-state index contributed by atoms with van der Waals surface area (Å²) in [5.74, 6) is 1.72. The number of anilines is 2. The molecule has 2 aliphatic rings.